The first-order chi connectivity index (χ1) is 17.9. The Bertz CT molecular complexity index is 1200. The summed E-state index contributed by atoms with van der Waals surface area (Å²) in [5.41, 5.74) is 2.22. The minimum atomic E-state index is -0.895. The lowest BCUT2D eigenvalue weighted by molar-refractivity contribution is -0.117. The monoisotopic (exact) mass is 499 g/mol. The number of carbonyl (C=O) groups excluding carboxylic acids is 1. The lowest BCUT2D eigenvalue weighted by atomic mass is 9.95. The summed E-state index contributed by atoms with van der Waals surface area (Å²) in [5, 5.41) is 12.1. The van der Waals surface area contributed by atoms with Crippen molar-refractivity contribution in [2.45, 2.75) is 50.4 Å². The van der Waals surface area contributed by atoms with Crippen molar-refractivity contribution < 1.29 is 19.4 Å². The molecule has 37 heavy (non-hydrogen) atoms. The Hall–Kier alpha value is -3.68. The number of piperidine rings is 1. The van der Waals surface area contributed by atoms with Gasteiger partial charge in [-0.2, -0.15) is 0 Å². The number of nitrogens with zero attached hydrogens (tertiary/aromatic N) is 2. The first-order valence-corrected chi connectivity index (χ1v) is 12.9. The average Bonchev–Trinajstić information content (AvgIpc) is 3.11. The zero-order chi connectivity index (χ0) is 25.8. The molecule has 5 rings (SSSR count). The molecule has 0 spiro atoms. The molecule has 1 amide bonds. The molecule has 2 aliphatic rings. The highest BCUT2D eigenvalue weighted by Gasteiger charge is 2.41. The van der Waals surface area contributed by atoms with Crippen LogP contribution < -0.4 is 10.1 Å². The van der Waals surface area contributed by atoms with E-state index in [4.69, 9.17) is 9.84 Å². The minimum absolute atomic E-state index is 0.0208. The predicted octanol–water partition coefficient (Wildman–Crippen LogP) is 5.24. The number of carboxylic acids is 1. The number of hydrogen-bond donors (Lipinski definition) is 2. The highest BCUT2D eigenvalue weighted by molar-refractivity contribution is 5.92. The number of nitrogens with one attached hydrogen (secondary N) is 1. The van der Waals surface area contributed by atoms with E-state index >= 15 is 0 Å². The largest absolute Gasteiger partial charge is 0.478 e. The fourth-order valence-corrected chi connectivity index (χ4v) is 5.61. The molecule has 2 unspecified atom stereocenters. The van der Waals surface area contributed by atoms with Crippen molar-refractivity contribution in [2.24, 2.45) is 0 Å². The average molecular weight is 500 g/mol. The van der Waals surface area contributed by atoms with Crippen LogP contribution in [0.2, 0.25) is 0 Å². The van der Waals surface area contributed by atoms with E-state index < -0.39 is 5.97 Å². The molecule has 2 N–H and O–H groups in total. The molecule has 3 aromatic carbocycles. The quantitative estimate of drug-likeness (QED) is 0.419. The van der Waals surface area contributed by atoms with Crippen LogP contribution in [0.4, 0.5) is 5.69 Å². The molecule has 0 saturated carbocycles. The molecule has 2 aliphatic heterocycles. The number of rotatable bonds is 9. The van der Waals surface area contributed by atoms with Crippen LogP contribution in [-0.4, -0.2) is 58.5 Å². The van der Waals surface area contributed by atoms with Crippen molar-refractivity contribution in [1.82, 2.24) is 9.80 Å². The zero-order valence-corrected chi connectivity index (χ0v) is 21.0. The number of aromatic carboxylic acids is 1. The van der Waals surface area contributed by atoms with Gasteiger partial charge in [-0.25, -0.2) is 4.79 Å². The summed E-state index contributed by atoms with van der Waals surface area (Å²) in [6.45, 7) is 1.19. The molecule has 2 atom stereocenters. The number of fused-ring (bicyclic) bond motifs is 2. The molecule has 3 aromatic rings. The fourth-order valence-electron chi connectivity index (χ4n) is 5.61. The molecule has 2 fully saturated rings. The molecule has 0 radical (unpaired) electrons. The van der Waals surface area contributed by atoms with Crippen molar-refractivity contribution in [3.8, 4) is 11.5 Å². The van der Waals surface area contributed by atoms with Gasteiger partial charge in [-0.05, 0) is 86.8 Å². The number of hydrogen-bond acceptors (Lipinski definition) is 5. The SMILES string of the molecule is CN(CC(=O)Nc1ccc(Oc2ccccc2)cc1)C1CC2CCC(C1)N2Cc1ccc(C(=O)O)cc1. The lowest BCUT2D eigenvalue weighted by Crippen LogP contribution is -2.50. The van der Waals surface area contributed by atoms with Crippen molar-refractivity contribution in [3.63, 3.8) is 0 Å². The second kappa shape index (κ2) is 11.2. The third-order valence-electron chi connectivity index (χ3n) is 7.56. The molecule has 192 valence electrons. The molecule has 0 aliphatic carbocycles. The number of carboxylic acid groups (broad SMARTS) is 1. The molecule has 2 heterocycles. The molecule has 7 nitrogen and oxygen atoms in total. The number of likely N-dealkylation sites (N-methyl/N-ethyl adjacent to an activating group) is 1. The number of amides is 1. The van der Waals surface area contributed by atoms with Crippen LogP contribution in [0.3, 0.4) is 0 Å². The van der Waals surface area contributed by atoms with E-state index in [-0.39, 0.29) is 5.91 Å². The Balaban J connectivity index is 1.11. The van der Waals surface area contributed by atoms with E-state index in [2.05, 4.69) is 15.1 Å². The highest BCUT2D eigenvalue weighted by Crippen LogP contribution is 2.38. The summed E-state index contributed by atoms with van der Waals surface area (Å²) in [6, 6.07) is 25.6. The number of carbonyl (C=O) groups is 2. The third kappa shape index (κ3) is 6.18. The topological polar surface area (TPSA) is 82.1 Å². The standard InChI is InChI=1S/C30H33N3O4/c1-32(20-29(34)31-23-11-15-28(16-12-23)37-27-5-3-2-4-6-27)26-17-24-13-14-25(18-26)33(24)19-21-7-9-22(10-8-21)30(35)36/h2-12,15-16,24-26H,13-14,17-20H2,1H3,(H,31,34)(H,35,36). The van der Waals surface area contributed by atoms with Gasteiger partial charge >= 0.3 is 5.97 Å². The van der Waals surface area contributed by atoms with Crippen molar-refractivity contribution >= 4 is 17.6 Å². The maximum Gasteiger partial charge on any atom is 0.335 e. The smallest absolute Gasteiger partial charge is 0.335 e. The van der Waals surface area contributed by atoms with Crippen molar-refractivity contribution in [3.05, 3.63) is 90.0 Å². The van der Waals surface area contributed by atoms with E-state index in [1.807, 2.05) is 73.8 Å². The number of ether oxygens (including phenoxy) is 1. The Morgan fingerprint density at radius 1 is 0.919 bits per heavy atom. The van der Waals surface area contributed by atoms with Gasteiger partial charge in [-0.15, -0.1) is 0 Å². The Morgan fingerprint density at radius 3 is 2.16 bits per heavy atom. The summed E-state index contributed by atoms with van der Waals surface area (Å²) in [7, 11) is 2.04. The summed E-state index contributed by atoms with van der Waals surface area (Å²) in [4.78, 5) is 28.6. The predicted molar refractivity (Wildman–Crippen MR) is 143 cm³/mol. The molecular weight excluding hydrogens is 466 g/mol. The minimum Gasteiger partial charge on any atom is -0.478 e. The van der Waals surface area contributed by atoms with Gasteiger partial charge in [0.15, 0.2) is 0 Å². The lowest BCUT2D eigenvalue weighted by Gasteiger charge is -2.42. The van der Waals surface area contributed by atoms with Gasteiger partial charge in [0.2, 0.25) is 5.91 Å². The first-order valence-electron chi connectivity index (χ1n) is 12.9. The highest BCUT2D eigenvalue weighted by atomic mass is 16.5. The van der Waals surface area contributed by atoms with Gasteiger partial charge in [-0.3, -0.25) is 14.6 Å². The van der Waals surface area contributed by atoms with Crippen molar-refractivity contribution in [1.29, 1.82) is 0 Å². The Labute approximate surface area is 217 Å². The summed E-state index contributed by atoms with van der Waals surface area (Å²) >= 11 is 0. The van der Waals surface area contributed by atoms with Crippen LogP contribution >= 0.6 is 0 Å². The second-order valence-corrected chi connectivity index (χ2v) is 10.1. The van der Waals surface area contributed by atoms with Gasteiger partial charge < -0.3 is 15.2 Å². The first kappa shape index (κ1) is 25.0. The van der Waals surface area contributed by atoms with E-state index in [0.29, 0.717) is 30.2 Å². The zero-order valence-electron chi connectivity index (χ0n) is 21.0. The molecule has 7 heteroatoms. The molecule has 2 bridgehead atoms. The van der Waals surface area contributed by atoms with Gasteiger partial charge in [0.05, 0.1) is 12.1 Å². The summed E-state index contributed by atoms with van der Waals surface area (Å²) in [6.07, 6.45) is 4.43. The second-order valence-electron chi connectivity index (χ2n) is 10.1. The molecule has 2 saturated heterocycles. The van der Waals surface area contributed by atoms with Gasteiger partial charge in [0.25, 0.3) is 0 Å². The summed E-state index contributed by atoms with van der Waals surface area (Å²) in [5.74, 6) is 0.583. The van der Waals surface area contributed by atoms with Crippen LogP contribution in [-0.2, 0) is 11.3 Å². The fraction of sp³-hybridized carbons (Fsp3) is 0.333. The third-order valence-corrected chi connectivity index (χ3v) is 7.56. The van der Waals surface area contributed by atoms with Crippen molar-refractivity contribution in [2.75, 3.05) is 18.9 Å². The van der Waals surface area contributed by atoms with Crippen LogP contribution in [0.25, 0.3) is 0 Å². The number of benzene rings is 3. The van der Waals surface area contributed by atoms with Gasteiger partial charge in [-0.1, -0.05) is 30.3 Å². The molecular formula is C30H33N3O4. The van der Waals surface area contributed by atoms with Crippen LogP contribution in [0.15, 0.2) is 78.9 Å². The van der Waals surface area contributed by atoms with E-state index in [1.165, 1.54) is 12.8 Å². The number of anilines is 1. The van der Waals surface area contributed by atoms with Gasteiger partial charge in [0.1, 0.15) is 11.5 Å². The van der Waals surface area contributed by atoms with Gasteiger partial charge in [0, 0.05) is 30.4 Å². The van der Waals surface area contributed by atoms with E-state index in [9.17, 15) is 9.59 Å². The van der Waals surface area contributed by atoms with Crippen LogP contribution in [0, 0.1) is 0 Å². The maximum atomic E-state index is 12.8. The van der Waals surface area contributed by atoms with Crippen LogP contribution in [0.5, 0.6) is 11.5 Å². The Kier molecular flexibility index (Phi) is 7.53. The number of para-hydroxylation sites is 1. The normalized spacial score (nSPS) is 21.1. The van der Waals surface area contributed by atoms with E-state index in [1.54, 1.807) is 12.1 Å². The maximum absolute atomic E-state index is 12.8. The summed E-state index contributed by atoms with van der Waals surface area (Å²) < 4.78 is 5.82. The molecule has 0 aromatic heterocycles. The van der Waals surface area contributed by atoms with E-state index in [0.717, 1.165) is 42.1 Å². The Morgan fingerprint density at radius 2 is 1.54 bits per heavy atom. The van der Waals surface area contributed by atoms with Crippen LogP contribution in [0.1, 0.15) is 41.6 Å².